The van der Waals surface area contributed by atoms with Crippen LogP contribution in [0.25, 0.3) is 0 Å². The Morgan fingerprint density at radius 3 is 1.43 bits per heavy atom. The Morgan fingerprint density at radius 2 is 1.14 bits per heavy atom. The van der Waals surface area contributed by atoms with Gasteiger partial charge in [-0.05, 0) is 23.7 Å². The van der Waals surface area contributed by atoms with Crippen molar-refractivity contribution in [3.05, 3.63) is 0 Å². The molecular formula is C14H28. The van der Waals surface area contributed by atoms with Crippen LogP contribution in [0.5, 0.6) is 0 Å². The van der Waals surface area contributed by atoms with Gasteiger partial charge in [-0.2, -0.15) is 0 Å². The third kappa shape index (κ3) is 2.74. The summed E-state index contributed by atoms with van der Waals surface area (Å²) in [6.45, 7) is 9.65. The standard InChI is InChI=1S/C14H28/c1-5-7-13-11(3)9-10-12(4)14(13)8-6-2/h11-14H,5-10H2,1-4H3. The molecule has 0 spiro atoms. The van der Waals surface area contributed by atoms with Gasteiger partial charge in [0.25, 0.3) is 0 Å². The molecule has 0 heteroatoms. The third-order valence-corrected chi connectivity index (χ3v) is 4.33. The lowest BCUT2D eigenvalue weighted by Gasteiger charge is -2.41. The molecule has 1 saturated carbocycles. The lowest BCUT2D eigenvalue weighted by Crippen LogP contribution is -2.32. The van der Waals surface area contributed by atoms with Gasteiger partial charge in [-0.1, -0.05) is 66.2 Å². The van der Waals surface area contributed by atoms with Gasteiger partial charge < -0.3 is 0 Å². The second-order valence-electron chi connectivity index (χ2n) is 5.44. The number of hydrogen-bond acceptors (Lipinski definition) is 0. The van der Waals surface area contributed by atoms with Crippen LogP contribution >= 0.6 is 0 Å². The average molecular weight is 196 g/mol. The molecule has 0 nitrogen and oxygen atoms in total. The second-order valence-corrected chi connectivity index (χ2v) is 5.44. The van der Waals surface area contributed by atoms with Crippen molar-refractivity contribution in [3.63, 3.8) is 0 Å². The molecule has 1 aliphatic carbocycles. The Balaban J connectivity index is 2.60. The van der Waals surface area contributed by atoms with E-state index in [4.69, 9.17) is 0 Å². The van der Waals surface area contributed by atoms with Crippen molar-refractivity contribution in [1.29, 1.82) is 0 Å². The van der Waals surface area contributed by atoms with E-state index in [0.29, 0.717) is 0 Å². The van der Waals surface area contributed by atoms with E-state index in [-0.39, 0.29) is 0 Å². The van der Waals surface area contributed by atoms with Gasteiger partial charge in [0.05, 0.1) is 0 Å². The van der Waals surface area contributed by atoms with E-state index >= 15 is 0 Å². The zero-order valence-electron chi connectivity index (χ0n) is 10.6. The maximum absolute atomic E-state index is 2.48. The Bertz CT molecular complexity index is 132. The molecule has 1 aliphatic rings. The molecule has 0 aromatic carbocycles. The first-order chi connectivity index (χ1) is 6.70. The van der Waals surface area contributed by atoms with E-state index in [0.717, 1.165) is 23.7 Å². The van der Waals surface area contributed by atoms with Crippen molar-refractivity contribution in [3.8, 4) is 0 Å². The summed E-state index contributed by atoms with van der Waals surface area (Å²) < 4.78 is 0. The first kappa shape index (κ1) is 12.1. The van der Waals surface area contributed by atoms with Crippen molar-refractivity contribution in [1.82, 2.24) is 0 Å². The summed E-state index contributed by atoms with van der Waals surface area (Å²) in [4.78, 5) is 0. The van der Waals surface area contributed by atoms with Crippen LogP contribution in [0.3, 0.4) is 0 Å². The third-order valence-electron chi connectivity index (χ3n) is 4.33. The predicted octanol–water partition coefficient (Wildman–Crippen LogP) is 4.89. The Labute approximate surface area is 90.5 Å². The maximum Gasteiger partial charge on any atom is -0.0358 e. The van der Waals surface area contributed by atoms with Crippen LogP contribution < -0.4 is 0 Å². The fourth-order valence-corrected chi connectivity index (χ4v) is 3.46. The van der Waals surface area contributed by atoms with Crippen LogP contribution in [0, 0.1) is 23.7 Å². The minimum Gasteiger partial charge on any atom is -0.0654 e. The smallest absolute Gasteiger partial charge is 0.0358 e. The molecule has 0 aliphatic heterocycles. The summed E-state index contributed by atoms with van der Waals surface area (Å²) in [5.41, 5.74) is 0. The first-order valence-electron chi connectivity index (χ1n) is 6.70. The summed E-state index contributed by atoms with van der Waals surface area (Å²) in [5.74, 6) is 4.04. The fraction of sp³-hybridized carbons (Fsp3) is 1.00. The van der Waals surface area contributed by atoms with Gasteiger partial charge in [-0.15, -0.1) is 0 Å². The topological polar surface area (TPSA) is 0 Å². The molecule has 4 unspecified atom stereocenters. The number of hydrogen-bond donors (Lipinski definition) is 0. The molecule has 0 heterocycles. The van der Waals surface area contributed by atoms with E-state index in [1.54, 1.807) is 0 Å². The molecule has 0 aromatic heterocycles. The van der Waals surface area contributed by atoms with Crippen molar-refractivity contribution in [2.24, 2.45) is 23.7 Å². The molecule has 0 bridgehead atoms. The van der Waals surface area contributed by atoms with Crippen LogP contribution in [-0.2, 0) is 0 Å². The maximum atomic E-state index is 2.48. The van der Waals surface area contributed by atoms with Crippen LogP contribution in [0.1, 0.15) is 66.2 Å². The van der Waals surface area contributed by atoms with Crippen LogP contribution in [0.15, 0.2) is 0 Å². The normalized spacial score (nSPS) is 38.6. The molecule has 1 fully saturated rings. The quantitative estimate of drug-likeness (QED) is 0.601. The van der Waals surface area contributed by atoms with Gasteiger partial charge in [-0.25, -0.2) is 0 Å². The highest BCUT2D eigenvalue weighted by atomic mass is 14.4. The van der Waals surface area contributed by atoms with E-state index in [1.165, 1.54) is 38.5 Å². The summed E-state index contributed by atoms with van der Waals surface area (Å²) in [6, 6.07) is 0. The average Bonchev–Trinajstić information content (AvgIpc) is 2.17. The molecule has 84 valence electrons. The molecule has 14 heavy (non-hydrogen) atoms. The van der Waals surface area contributed by atoms with E-state index < -0.39 is 0 Å². The van der Waals surface area contributed by atoms with Crippen LogP contribution in [-0.4, -0.2) is 0 Å². The van der Waals surface area contributed by atoms with Gasteiger partial charge in [-0.3, -0.25) is 0 Å². The zero-order chi connectivity index (χ0) is 10.6. The lowest BCUT2D eigenvalue weighted by atomic mass is 9.65. The largest absolute Gasteiger partial charge is 0.0654 e. The summed E-state index contributed by atoms with van der Waals surface area (Å²) >= 11 is 0. The number of rotatable bonds is 4. The predicted molar refractivity (Wildman–Crippen MR) is 64.4 cm³/mol. The minimum atomic E-state index is 0.989. The summed E-state index contributed by atoms with van der Waals surface area (Å²) in [5, 5.41) is 0. The van der Waals surface area contributed by atoms with Crippen molar-refractivity contribution >= 4 is 0 Å². The first-order valence-corrected chi connectivity index (χ1v) is 6.70. The van der Waals surface area contributed by atoms with Crippen molar-refractivity contribution < 1.29 is 0 Å². The monoisotopic (exact) mass is 196 g/mol. The van der Waals surface area contributed by atoms with Gasteiger partial charge in [0, 0.05) is 0 Å². The molecule has 0 N–H and O–H groups in total. The van der Waals surface area contributed by atoms with E-state index in [1.807, 2.05) is 0 Å². The van der Waals surface area contributed by atoms with Crippen molar-refractivity contribution in [2.75, 3.05) is 0 Å². The Hall–Kier alpha value is 0. The van der Waals surface area contributed by atoms with Gasteiger partial charge in [0.1, 0.15) is 0 Å². The Kier molecular flexibility index (Phi) is 4.98. The van der Waals surface area contributed by atoms with Crippen LogP contribution in [0.4, 0.5) is 0 Å². The fourth-order valence-electron chi connectivity index (χ4n) is 3.46. The molecule has 4 atom stereocenters. The molecule has 0 radical (unpaired) electrons. The molecule has 0 aromatic rings. The molecule has 1 rings (SSSR count). The highest BCUT2D eigenvalue weighted by Gasteiger charge is 2.33. The molecule has 0 amide bonds. The van der Waals surface area contributed by atoms with Crippen LogP contribution in [0.2, 0.25) is 0 Å². The summed E-state index contributed by atoms with van der Waals surface area (Å²) in [7, 11) is 0. The second kappa shape index (κ2) is 5.78. The SMILES string of the molecule is CCCC1C(C)CCC(C)C1CCC. The van der Waals surface area contributed by atoms with E-state index in [2.05, 4.69) is 27.7 Å². The highest BCUT2D eigenvalue weighted by Crippen LogP contribution is 2.43. The lowest BCUT2D eigenvalue weighted by molar-refractivity contribution is 0.0918. The van der Waals surface area contributed by atoms with Gasteiger partial charge in [0.2, 0.25) is 0 Å². The zero-order valence-corrected chi connectivity index (χ0v) is 10.6. The minimum absolute atomic E-state index is 0.989. The molecular weight excluding hydrogens is 168 g/mol. The summed E-state index contributed by atoms with van der Waals surface area (Å²) in [6.07, 6.45) is 8.65. The van der Waals surface area contributed by atoms with E-state index in [9.17, 15) is 0 Å². The van der Waals surface area contributed by atoms with Crippen molar-refractivity contribution in [2.45, 2.75) is 66.2 Å². The molecule has 0 saturated heterocycles. The highest BCUT2D eigenvalue weighted by molar-refractivity contribution is 4.83. The Morgan fingerprint density at radius 1 is 0.786 bits per heavy atom. The van der Waals surface area contributed by atoms with Gasteiger partial charge >= 0.3 is 0 Å². The van der Waals surface area contributed by atoms with Gasteiger partial charge in [0.15, 0.2) is 0 Å².